The molecular weight excluding hydrogens is 607 g/mol. The van der Waals surface area contributed by atoms with Crippen molar-refractivity contribution in [1.82, 2.24) is 15.0 Å². The van der Waals surface area contributed by atoms with E-state index >= 15 is 0 Å². The molecule has 1 aromatic heterocycles. The number of aromatic nitrogens is 3. The molecule has 240 valence electrons. The van der Waals surface area contributed by atoms with E-state index in [2.05, 4.69) is 158 Å². The Morgan fingerprint density at radius 2 is 0.840 bits per heavy atom. The van der Waals surface area contributed by atoms with Gasteiger partial charge in [0.15, 0.2) is 11.6 Å². The van der Waals surface area contributed by atoms with E-state index in [1.807, 2.05) is 0 Å². The average molecular weight is 644 g/mol. The zero-order chi connectivity index (χ0) is 33.3. The van der Waals surface area contributed by atoms with Crippen LogP contribution in [0.15, 0.2) is 158 Å². The number of hydrogen-bond acceptors (Lipinski definition) is 3. The minimum atomic E-state index is 0.365. The maximum Gasteiger partial charge on any atom is 0.163 e. The first-order valence-corrected chi connectivity index (χ1v) is 17.8. The predicted molar refractivity (Wildman–Crippen MR) is 208 cm³/mol. The van der Waals surface area contributed by atoms with Crippen molar-refractivity contribution in [2.45, 2.75) is 38.0 Å². The zero-order valence-corrected chi connectivity index (χ0v) is 28.0. The third-order valence-electron chi connectivity index (χ3n) is 10.3. The molecule has 1 aliphatic rings. The molecule has 9 rings (SSSR count). The second-order valence-electron chi connectivity index (χ2n) is 13.5. The van der Waals surface area contributed by atoms with Crippen LogP contribution in [0.5, 0.6) is 0 Å². The van der Waals surface area contributed by atoms with Crippen molar-refractivity contribution in [3.8, 4) is 56.2 Å². The Morgan fingerprint density at radius 3 is 1.46 bits per heavy atom. The molecule has 0 spiro atoms. The first kappa shape index (κ1) is 30.2. The number of hydrogen-bond donors (Lipinski definition) is 0. The van der Waals surface area contributed by atoms with Crippen LogP contribution in [-0.4, -0.2) is 15.0 Å². The summed E-state index contributed by atoms with van der Waals surface area (Å²) < 4.78 is 0. The minimum absolute atomic E-state index is 0.365. The molecule has 1 saturated carbocycles. The maximum atomic E-state index is 5.15. The summed E-state index contributed by atoms with van der Waals surface area (Å²) in [5.74, 6) is 2.77. The van der Waals surface area contributed by atoms with Crippen molar-refractivity contribution >= 4 is 21.5 Å². The van der Waals surface area contributed by atoms with Gasteiger partial charge < -0.3 is 0 Å². The molecule has 8 aromatic rings. The smallest absolute Gasteiger partial charge is 0.163 e. The van der Waals surface area contributed by atoms with E-state index in [1.54, 1.807) is 0 Å². The third kappa shape index (κ3) is 5.86. The summed E-state index contributed by atoms with van der Waals surface area (Å²) in [4.78, 5) is 15.4. The first-order valence-electron chi connectivity index (χ1n) is 17.8. The average Bonchev–Trinajstić information content (AvgIpc) is 3.21. The lowest BCUT2D eigenvalue weighted by molar-refractivity contribution is 0.428. The molecule has 0 amide bonds. The van der Waals surface area contributed by atoms with E-state index in [9.17, 15) is 0 Å². The monoisotopic (exact) mass is 643 g/mol. The summed E-state index contributed by atoms with van der Waals surface area (Å²) in [6.07, 6.45) is 6.01. The second-order valence-corrected chi connectivity index (χ2v) is 13.5. The highest BCUT2D eigenvalue weighted by atomic mass is 15.0. The molecule has 7 aromatic carbocycles. The van der Waals surface area contributed by atoms with Gasteiger partial charge in [-0.2, -0.15) is 0 Å². The summed E-state index contributed by atoms with van der Waals surface area (Å²) in [7, 11) is 0. The van der Waals surface area contributed by atoms with Crippen LogP contribution in [-0.2, 0) is 0 Å². The van der Waals surface area contributed by atoms with E-state index < -0.39 is 0 Å². The summed E-state index contributed by atoms with van der Waals surface area (Å²) in [6.45, 7) is 0. The van der Waals surface area contributed by atoms with E-state index in [1.165, 1.54) is 68.6 Å². The molecule has 3 nitrogen and oxygen atoms in total. The van der Waals surface area contributed by atoms with Crippen LogP contribution >= 0.6 is 0 Å². The lowest BCUT2D eigenvalue weighted by Gasteiger charge is -2.21. The highest BCUT2D eigenvalue weighted by Crippen LogP contribution is 2.35. The van der Waals surface area contributed by atoms with Crippen LogP contribution in [0, 0.1) is 0 Å². The topological polar surface area (TPSA) is 38.7 Å². The molecule has 0 bridgehead atoms. The van der Waals surface area contributed by atoms with Crippen molar-refractivity contribution in [3.63, 3.8) is 0 Å². The van der Waals surface area contributed by atoms with Crippen LogP contribution in [0.2, 0.25) is 0 Å². The summed E-state index contributed by atoms with van der Waals surface area (Å²) in [5.41, 5.74) is 9.22. The van der Waals surface area contributed by atoms with Gasteiger partial charge in [-0.05, 0) is 73.8 Å². The van der Waals surface area contributed by atoms with Gasteiger partial charge in [-0.25, -0.2) is 15.0 Å². The Bertz CT molecular complexity index is 2450. The highest BCUT2D eigenvalue weighted by Gasteiger charge is 2.21. The van der Waals surface area contributed by atoms with Gasteiger partial charge in [-0.1, -0.05) is 171 Å². The van der Waals surface area contributed by atoms with E-state index in [4.69, 9.17) is 15.0 Å². The van der Waals surface area contributed by atoms with Gasteiger partial charge in [-0.3, -0.25) is 0 Å². The van der Waals surface area contributed by atoms with Gasteiger partial charge in [-0.15, -0.1) is 0 Å². The molecule has 0 radical (unpaired) electrons. The van der Waals surface area contributed by atoms with Crippen LogP contribution in [0.25, 0.3) is 77.7 Å². The Kier molecular flexibility index (Phi) is 7.94. The van der Waals surface area contributed by atoms with E-state index in [0.717, 1.165) is 47.0 Å². The normalized spacial score (nSPS) is 13.5. The molecule has 0 aliphatic heterocycles. The van der Waals surface area contributed by atoms with Gasteiger partial charge in [0.2, 0.25) is 0 Å². The quantitative estimate of drug-likeness (QED) is 0.181. The minimum Gasteiger partial charge on any atom is -0.213 e. The van der Waals surface area contributed by atoms with Crippen LogP contribution < -0.4 is 0 Å². The number of nitrogens with zero attached hydrogens (tertiary/aromatic N) is 3. The van der Waals surface area contributed by atoms with Gasteiger partial charge in [0.25, 0.3) is 0 Å². The van der Waals surface area contributed by atoms with Gasteiger partial charge >= 0.3 is 0 Å². The molecule has 3 heteroatoms. The van der Waals surface area contributed by atoms with Crippen molar-refractivity contribution in [3.05, 3.63) is 164 Å². The molecule has 0 atom stereocenters. The van der Waals surface area contributed by atoms with Crippen molar-refractivity contribution in [2.24, 2.45) is 0 Å². The number of benzene rings is 7. The van der Waals surface area contributed by atoms with E-state index in [-0.39, 0.29) is 0 Å². The van der Waals surface area contributed by atoms with Crippen LogP contribution in [0.4, 0.5) is 0 Å². The highest BCUT2D eigenvalue weighted by molar-refractivity contribution is 5.98. The fourth-order valence-electron chi connectivity index (χ4n) is 7.63. The zero-order valence-electron chi connectivity index (χ0n) is 28.0. The molecule has 0 unspecified atom stereocenters. The predicted octanol–water partition coefficient (Wildman–Crippen LogP) is 12.6. The summed E-state index contributed by atoms with van der Waals surface area (Å²) in [6, 6.07) is 56.4. The van der Waals surface area contributed by atoms with Crippen LogP contribution in [0.3, 0.4) is 0 Å². The molecule has 1 heterocycles. The SMILES string of the molecule is c1cc(-c2ccc(-c3cccc4ccccc34)cc2)cc(-c2nc(-c3ccc(-c4cccc5ccccc45)cc3)nc(C3CCCCC3)n2)c1. The molecular formula is C47H37N3. The molecule has 0 N–H and O–H groups in total. The second kappa shape index (κ2) is 13.2. The Balaban J connectivity index is 1.07. The fraction of sp³-hybridized carbons (Fsp3) is 0.128. The standard InChI is InChI=1S/C47H37N3/c1-2-13-37(14-3-1)45-48-46(38-29-27-36(28-30-38)44-22-10-16-34-12-5-7-20-42(34)44)50-47(49-45)40-18-8-17-39(31-40)32-23-25-35(26-24-32)43-21-9-15-33-11-4-6-19-41(33)43/h4-12,15-31,37H,1-3,13-14H2. The number of rotatable bonds is 6. The van der Waals surface area contributed by atoms with Crippen molar-refractivity contribution in [1.29, 1.82) is 0 Å². The summed E-state index contributed by atoms with van der Waals surface area (Å²) >= 11 is 0. The van der Waals surface area contributed by atoms with Crippen molar-refractivity contribution in [2.75, 3.05) is 0 Å². The van der Waals surface area contributed by atoms with Crippen molar-refractivity contribution < 1.29 is 0 Å². The first-order chi connectivity index (χ1) is 24.8. The molecule has 50 heavy (non-hydrogen) atoms. The maximum absolute atomic E-state index is 5.15. The molecule has 1 aliphatic carbocycles. The lowest BCUT2D eigenvalue weighted by atomic mass is 9.88. The third-order valence-corrected chi connectivity index (χ3v) is 10.3. The summed E-state index contributed by atoms with van der Waals surface area (Å²) in [5, 5.41) is 5.03. The van der Waals surface area contributed by atoms with Gasteiger partial charge in [0, 0.05) is 17.0 Å². The molecule has 0 saturated heterocycles. The van der Waals surface area contributed by atoms with Crippen LogP contribution in [0.1, 0.15) is 43.8 Å². The molecule has 1 fully saturated rings. The fourth-order valence-corrected chi connectivity index (χ4v) is 7.63. The van der Waals surface area contributed by atoms with E-state index in [0.29, 0.717) is 5.92 Å². The van der Waals surface area contributed by atoms with Gasteiger partial charge in [0.1, 0.15) is 5.82 Å². The lowest BCUT2D eigenvalue weighted by Crippen LogP contribution is -2.11. The Hall–Kier alpha value is -5.93. The van der Waals surface area contributed by atoms with Gasteiger partial charge in [0.05, 0.1) is 0 Å². The largest absolute Gasteiger partial charge is 0.213 e. The Labute approximate surface area is 293 Å². The Morgan fingerprint density at radius 1 is 0.360 bits per heavy atom. The number of fused-ring (bicyclic) bond motifs is 2.